The second-order valence-corrected chi connectivity index (χ2v) is 6.40. The van der Waals surface area contributed by atoms with E-state index in [2.05, 4.69) is 15.1 Å². The minimum absolute atomic E-state index is 0.382. The second kappa shape index (κ2) is 5.61. The number of imidazole rings is 1. The van der Waals surface area contributed by atoms with Gasteiger partial charge >= 0.3 is 5.97 Å². The maximum Gasteiger partial charge on any atom is 0.321 e. The van der Waals surface area contributed by atoms with Gasteiger partial charge < -0.3 is 10.1 Å². The van der Waals surface area contributed by atoms with Crippen LogP contribution in [0.3, 0.4) is 0 Å². The zero-order chi connectivity index (χ0) is 16.8. The molecule has 1 unspecified atom stereocenters. The number of carboxylic acid groups (broad SMARTS) is 1. The fourth-order valence-corrected chi connectivity index (χ4v) is 3.63. The Hall–Kier alpha value is -2.38. The highest BCUT2D eigenvalue weighted by Gasteiger charge is 2.33. The van der Waals surface area contributed by atoms with Crippen LogP contribution in [-0.4, -0.2) is 41.8 Å². The van der Waals surface area contributed by atoms with Gasteiger partial charge in [-0.2, -0.15) is 5.10 Å². The Balaban J connectivity index is 1.73. The molecule has 3 aromatic rings. The molecule has 1 aliphatic rings. The second-order valence-electron chi connectivity index (χ2n) is 6.00. The Kier molecular flexibility index (Phi) is 3.54. The fourth-order valence-electron chi connectivity index (χ4n) is 3.35. The van der Waals surface area contributed by atoms with Crippen LogP contribution in [0.5, 0.6) is 0 Å². The highest BCUT2D eigenvalue weighted by Crippen LogP contribution is 2.29. The minimum Gasteiger partial charge on any atom is -0.480 e. The molecule has 0 saturated heterocycles. The lowest BCUT2D eigenvalue weighted by Crippen LogP contribution is -2.45. The van der Waals surface area contributed by atoms with E-state index in [1.165, 1.54) is 0 Å². The lowest BCUT2D eigenvalue weighted by atomic mass is 10.0. The zero-order valence-corrected chi connectivity index (χ0v) is 13.8. The van der Waals surface area contributed by atoms with Crippen molar-refractivity contribution in [2.75, 3.05) is 0 Å². The molecule has 0 radical (unpaired) electrons. The van der Waals surface area contributed by atoms with E-state index in [-0.39, 0.29) is 0 Å². The van der Waals surface area contributed by atoms with Crippen LogP contribution in [-0.2, 0) is 31.4 Å². The number of nitrogens with one attached hydrogen (secondary N) is 1. The molecular formula is C16H16ClN5O2. The zero-order valence-electron chi connectivity index (χ0n) is 13.0. The normalized spacial score (nSPS) is 18.0. The smallest absolute Gasteiger partial charge is 0.321 e. The number of carboxylic acids is 1. The molecule has 0 saturated carbocycles. The van der Waals surface area contributed by atoms with E-state index >= 15 is 0 Å². The van der Waals surface area contributed by atoms with Crippen LogP contribution in [0, 0.1) is 0 Å². The number of rotatable bonds is 3. The molecule has 1 aliphatic heterocycles. The minimum atomic E-state index is -0.852. The molecule has 24 heavy (non-hydrogen) atoms. The Morgan fingerprint density at radius 3 is 3.12 bits per heavy atom. The van der Waals surface area contributed by atoms with Gasteiger partial charge in [-0.15, -0.1) is 0 Å². The predicted molar refractivity (Wildman–Crippen MR) is 88.7 cm³/mol. The molecule has 7 nitrogen and oxygen atoms in total. The topological polar surface area (TPSA) is 87.0 Å². The standard InChI is InChI=1S/C16H16ClN5O2/c1-21-13-4-2-3-9(17)15(13)12(20-21)7-22-6-11-10(18-8-19-11)5-14(22)16(23)24/h2-4,8,14H,5-7H2,1H3,(H,18,19)(H,23,24). The van der Waals surface area contributed by atoms with E-state index in [9.17, 15) is 9.90 Å². The first-order chi connectivity index (χ1) is 11.5. The first kappa shape index (κ1) is 15.2. The third-order valence-electron chi connectivity index (χ3n) is 4.53. The van der Waals surface area contributed by atoms with Gasteiger partial charge in [0.05, 0.1) is 33.9 Å². The number of hydrogen-bond donors (Lipinski definition) is 2. The summed E-state index contributed by atoms with van der Waals surface area (Å²) in [4.78, 5) is 20.9. The van der Waals surface area contributed by atoms with Gasteiger partial charge in [0.1, 0.15) is 6.04 Å². The largest absolute Gasteiger partial charge is 0.480 e. The summed E-state index contributed by atoms with van der Waals surface area (Å²) >= 11 is 6.35. The molecule has 0 spiro atoms. The van der Waals surface area contributed by atoms with Crippen molar-refractivity contribution in [2.24, 2.45) is 7.05 Å². The van der Waals surface area contributed by atoms with E-state index in [4.69, 9.17) is 11.6 Å². The van der Waals surface area contributed by atoms with Crippen LogP contribution in [0.1, 0.15) is 17.1 Å². The summed E-state index contributed by atoms with van der Waals surface area (Å²) in [6.07, 6.45) is 1.99. The van der Waals surface area contributed by atoms with Gasteiger partial charge in [0, 0.05) is 31.9 Å². The van der Waals surface area contributed by atoms with Crippen LogP contribution in [0.25, 0.3) is 10.9 Å². The summed E-state index contributed by atoms with van der Waals surface area (Å²) in [6.45, 7) is 0.908. The maximum atomic E-state index is 11.7. The van der Waals surface area contributed by atoms with Crippen molar-refractivity contribution in [3.63, 3.8) is 0 Å². The molecule has 3 heterocycles. The molecule has 124 valence electrons. The fraction of sp³-hybridized carbons (Fsp3) is 0.312. The number of halogens is 1. The van der Waals surface area contributed by atoms with Crippen LogP contribution < -0.4 is 0 Å². The molecule has 0 bridgehead atoms. The lowest BCUT2D eigenvalue weighted by Gasteiger charge is -2.31. The van der Waals surface area contributed by atoms with E-state index in [0.717, 1.165) is 28.0 Å². The summed E-state index contributed by atoms with van der Waals surface area (Å²) in [6, 6.07) is 5.04. The Bertz CT molecular complexity index is 932. The van der Waals surface area contributed by atoms with Crippen LogP contribution >= 0.6 is 11.6 Å². The third kappa shape index (κ3) is 2.37. The molecular weight excluding hydrogens is 330 g/mol. The average Bonchev–Trinajstić information content (AvgIpc) is 3.12. The predicted octanol–water partition coefficient (Wildman–Crippen LogP) is 1.96. The number of hydrogen-bond acceptors (Lipinski definition) is 4. The molecule has 8 heteroatoms. The summed E-state index contributed by atoms with van der Waals surface area (Å²) < 4.78 is 1.78. The molecule has 1 atom stereocenters. The highest BCUT2D eigenvalue weighted by molar-refractivity contribution is 6.35. The van der Waals surface area contributed by atoms with Gasteiger partial charge in [-0.05, 0) is 12.1 Å². The molecule has 4 rings (SSSR count). The molecule has 0 fully saturated rings. The van der Waals surface area contributed by atoms with Crippen LogP contribution in [0.4, 0.5) is 0 Å². The quantitative estimate of drug-likeness (QED) is 0.757. The third-order valence-corrected chi connectivity index (χ3v) is 4.85. The number of benzene rings is 1. The van der Waals surface area contributed by atoms with Crippen molar-refractivity contribution in [2.45, 2.75) is 25.6 Å². The first-order valence-electron chi connectivity index (χ1n) is 7.62. The van der Waals surface area contributed by atoms with Crippen molar-refractivity contribution in [1.82, 2.24) is 24.6 Å². The summed E-state index contributed by atoms with van der Waals surface area (Å²) in [7, 11) is 1.86. The number of fused-ring (bicyclic) bond motifs is 2. The maximum absolute atomic E-state index is 11.7. The molecule has 1 aromatic carbocycles. The van der Waals surface area contributed by atoms with E-state index in [0.29, 0.717) is 24.5 Å². The van der Waals surface area contributed by atoms with Crippen molar-refractivity contribution in [1.29, 1.82) is 0 Å². The number of carbonyl (C=O) groups is 1. The van der Waals surface area contributed by atoms with Crippen LogP contribution in [0.2, 0.25) is 5.02 Å². The van der Waals surface area contributed by atoms with E-state index in [1.807, 2.05) is 30.1 Å². The number of aryl methyl sites for hydroxylation is 1. The van der Waals surface area contributed by atoms with Gasteiger partial charge in [0.15, 0.2) is 0 Å². The number of aromatic nitrogens is 4. The van der Waals surface area contributed by atoms with Gasteiger partial charge in [-0.25, -0.2) is 4.98 Å². The average molecular weight is 346 g/mol. The SMILES string of the molecule is Cn1nc(CN2Cc3[nH]cnc3CC2C(=O)O)c2c(Cl)cccc21. The molecule has 2 aromatic heterocycles. The lowest BCUT2D eigenvalue weighted by molar-refractivity contribution is -0.144. The molecule has 0 aliphatic carbocycles. The molecule has 0 amide bonds. The number of nitrogens with zero attached hydrogens (tertiary/aromatic N) is 4. The summed E-state index contributed by atoms with van der Waals surface area (Å²) in [5, 5.41) is 15.6. The molecule has 2 N–H and O–H groups in total. The van der Waals surface area contributed by atoms with Crippen molar-refractivity contribution >= 4 is 28.5 Å². The number of aromatic amines is 1. The Morgan fingerprint density at radius 2 is 2.33 bits per heavy atom. The Morgan fingerprint density at radius 1 is 1.50 bits per heavy atom. The summed E-state index contributed by atoms with van der Waals surface area (Å²) in [5.74, 6) is -0.852. The van der Waals surface area contributed by atoms with Gasteiger partial charge in [0.2, 0.25) is 0 Å². The van der Waals surface area contributed by atoms with Gasteiger partial charge in [-0.1, -0.05) is 17.7 Å². The summed E-state index contributed by atoms with van der Waals surface area (Å²) in [5.41, 5.74) is 3.50. The number of aliphatic carboxylic acids is 1. The monoisotopic (exact) mass is 345 g/mol. The highest BCUT2D eigenvalue weighted by atomic mass is 35.5. The number of H-pyrrole nitrogens is 1. The van der Waals surface area contributed by atoms with Crippen molar-refractivity contribution in [3.05, 3.63) is 46.6 Å². The van der Waals surface area contributed by atoms with Gasteiger partial charge in [0.25, 0.3) is 0 Å². The van der Waals surface area contributed by atoms with Crippen molar-refractivity contribution < 1.29 is 9.90 Å². The van der Waals surface area contributed by atoms with Gasteiger partial charge in [-0.3, -0.25) is 14.4 Å². The van der Waals surface area contributed by atoms with Crippen molar-refractivity contribution in [3.8, 4) is 0 Å². The van der Waals surface area contributed by atoms with Crippen LogP contribution in [0.15, 0.2) is 24.5 Å². The van der Waals surface area contributed by atoms with E-state index < -0.39 is 12.0 Å². The Labute approximate surface area is 142 Å². The first-order valence-corrected chi connectivity index (χ1v) is 8.00. The van der Waals surface area contributed by atoms with E-state index in [1.54, 1.807) is 11.0 Å².